The Labute approximate surface area is 160 Å². The van der Waals surface area contributed by atoms with Crippen molar-refractivity contribution in [1.29, 1.82) is 0 Å². The Morgan fingerprint density at radius 1 is 1.22 bits per heavy atom. The zero-order chi connectivity index (χ0) is 19.2. The second kappa shape index (κ2) is 9.08. The van der Waals surface area contributed by atoms with Gasteiger partial charge in [-0.15, -0.1) is 0 Å². The quantitative estimate of drug-likeness (QED) is 0.734. The van der Waals surface area contributed by atoms with E-state index in [0.29, 0.717) is 13.0 Å². The van der Waals surface area contributed by atoms with Crippen molar-refractivity contribution in [3.8, 4) is 0 Å². The molecule has 0 unspecified atom stereocenters. The smallest absolute Gasteiger partial charge is 0.408 e. The van der Waals surface area contributed by atoms with Gasteiger partial charge >= 0.3 is 12.1 Å². The molecule has 2 saturated heterocycles. The first kappa shape index (κ1) is 19.5. The number of carbonyl (C=O) groups is 2. The normalized spacial score (nSPS) is 23.2. The van der Waals surface area contributed by atoms with Gasteiger partial charge in [0.05, 0.1) is 6.04 Å². The zero-order valence-corrected chi connectivity index (χ0v) is 16.1. The lowest BCUT2D eigenvalue weighted by atomic mass is 10.1. The van der Waals surface area contributed by atoms with Crippen LogP contribution in [0.4, 0.5) is 10.5 Å². The maximum Gasteiger partial charge on any atom is 0.408 e. The molecular weight excluding hydrogens is 346 g/mol. The molecule has 0 bridgehead atoms. The molecule has 27 heavy (non-hydrogen) atoms. The van der Waals surface area contributed by atoms with E-state index >= 15 is 0 Å². The number of hydrogen-bond acceptors (Lipinski definition) is 6. The number of cyclic esters (lactones) is 1. The third-order valence-corrected chi connectivity index (χ3v) is 4.94. The van der Waals surface area contributed by atoms with Crippen LogP contribution in [-0.4, -0.2) is 68.4 Å². The first-order valence-electron chi connectivity index (χ1n) is 9.66. The summed E-state index contributed by atoms with van der Waals surface area (Å²) in [6, 6.07) is 10.2. The predicted molar refractivity (Wildman–Crippen MR) is 103 cm³/mol. The molecule has 2 fully saturated rings. The van der Waals surface area contributed by atoms with Crippen molar-refractivity contribution < 1.29 is 19.1 Å². The molecule has 2 aliphatic rings. The predicted octanol–water partition coefficient (Wildman–Crippen LogP) is 1.87. The fourth-order valence-electron chi connectivity index (χ4n) is 3.48. The van der Waals surface area contributed by atoms with Crippen LogP contribution in [0.15, 0.2) is 30.3 Å². The van der Waals surface area contributed by atoms with Gasteiger partial charge < -0.3 is 19.7 Å². The molecule has 1 N–H and O–H groups in total. The minimum Gasteiger partial charge on any atom is -0.462 e. The highest BCUT2D eigenvalue weighted by molar-refractivity contribution is 5.71. The highest BCUT2D eigenvalue weighted by Gasteiger charge is 2.36. The van der Waals surface area contributed by atoms with Gasteiger partial charge in [-0.3, -0.25) is 9.69 Å². The van der Waals surface area contributed by atoms with Crippen molar-refractivity contribution in [2.75, 3.05) is 44.2 Å². The second-order valence-electron chi connectivity index (χ2n) is 7.60. The molecule has 0 aliphatic carbocycles. The summed E-state index contributed by atoms with van der Waals surface area (Å²) < 4.78 is 10.6. The summed E-state index contributed by atoms with van der Waals surface area (Å²) >= 11 is 0. The van der Waals surface area contributed by atoms with Gasteiger partial charge in [0.1, 0.15) is 6.61 Å². The van der Waals surface area contributed by atoms with Crippen LogP contribution in [0.5, 0.6) is 0 Å². The molecule has 2 atom stereocenters. The fraction of sp³-hybridized carbons (Fsp3) is 0.600. The van der Waals surface area contributed by atoms with Crippen molar-refractivity contribution in [3.63, 3.8) is 0 Å². The average Bonchev–Trinajstić information content (AvgIpc) is 3.00. The number of amides is 1. The topological polar surface area (TPSA) is 71.1 Å². The molecule has 0 aromatic heterocycles. The third-order valence-electron chi connectivity index (χ3n) is 4.94. The van der Waals surface area contributed by atoms with E-state index in [1.165, 1.54) is 5.69 Å². The molecule has 1 aromatic rings. The lowest BCUT2D eigenvalue weighted by Gasteiger charge is -2.37. The summed E-state index contributed by atoms with van der Waals surface area (Å²) in [6.45, 7) is 8.47. The van der Waals surface area contributed by atoms with E-state index in [0.717, 1.165) is 26.2 Å². The van der Waals surface area contributed by atoms with E-state index in [4.69, 9.17) is 9.47 Å². The average molecular weight is 375 g/mol. The SMILES string of the molecule is CC(C)CC(=O)OC[C@H]1OC(=O)N[C@@H]1CN1CCN(c2ccccc2)CC1. The summed E-state index contributed by atoms with van der Waals surface area (Å²) in [5.74, 6) is 0.00151. The molecular formula is C20H29N3O4. The van der Waals surface area contributed by atoms with Crippen molar-refractivity contribution >= 4 is 17.7 Å². The Hall–Kier alpha value is -2.28. The molecule has 0 radical (unpaired) electrons. The summed E-state index contributed by atoms with van der Waals surface area (Å²) in [5, 5.41) is 2.85. The number of carbonyl (C=O) groups excluding carboxylic acids is 2. The number of piperazine rings is 1. The van der Waals surface area contributed by atoms with Gasteiger partial charge in [0.2, 0.25) is 0 Å². The van der Waals surface area contributed by atoms with Crippen LogP contribution < -0.4 is 10.2 Å². The first-order valence-corrected chi connectivity index (χ1v) is 9.66. The van der Waals surface area contributed by atoms with E-state index in [-0.39, 0.29) is 24.5 Å². The minimum absolute atomic E-state index is 0.110. The van der Waals surface area contributed by atoms with Crippen molar-refractivity contribution in [2.45, 2.75) is 32.4 Å². The van der Waals surface area contributed by atoms with Crippen LogP contribution in [0.25, 0.3) is 0 Å². The molecule has 1 amide bonds. The lowest BCUT2D eigenvalue weighted by Crippen LogP contribution is -2.52. The number of rotatable bonds is 7. The number of alkyl carbamates (subject to hydrolysis) is 1. The first-order chi connectivity index (χ1) is 13.0. The Morgan fingerprint density at radius 3 is 2.59 bits per heavy atom. The van der Waals surface area contributed by atoms with Crippen molar-refractivity contribution in [1.82, 2.24) is 10.2 Å². The minimum atomic E-state index is -0.437. The molecule has 7 nitrogen and oxygen atoms in total. The van der Waals surface area contributed by atoms with E-state index in [9.17, 15) is 9.59 Å². The highest BCUT2D eigenvalue weighted by Crippen LogP contribution is 2.17. The van der Waals surface area contributed by atoms with Crippen molar-refractivity contribution in [3.05, 3.63) is 30.3 Å². The largest absolute Gasteiger partial charge is 0.462 e. The number of nitrogens with zero attached hydrogens (tertiary/aromatic N) is 2. The zero-order valence-electron chi connectivity index (χ0n) is 16.1. The summed E-state index contributed by atoms with van der Waals surface area (Å²) in [7, 11) is 0. The summed E-state index contributed by atoms with van der Waals surface area (Å²) in [4.78, 5) is 28.1. The Balaban J connectivity index is 1.46. The fourth-order valence-corrected chi connectivity index (χ4v) is 3.48. The van der Waals surface area contributed by atoms with E-state index in [1.54, 1.807) is 0 Å². The Bertz CT molecular complexity index is 629. The van der Waals surface area contributed by atoms with Gasteiger partial charge in [-0.05, 0) is 18.1 Å². The van der Waals surface area contributed by atoms with Crippen LogP contribution in [0.3, 0.4) is 0 Å². The van der Waals surface area contributed by atoms with Gasteiger partial charge in [0.25, 0.3) is 0 Å². The third kappa shape index (κ3) is 5.60. The molecule has 3 rings (SSSR count). The number of hydrogen-bond donors (Lipinski definition) is 1. The molecule has 0 saturated carbocycles. The van der Waals surface area contributed by atoms with Crippen molar-refractivity contribution in [2.24, 2.45) is 5.92 Å². The van der Waals surface area contributed by atoms with Crippen LogP contribution in [-0.2, 0) is 14.3 Å². The molecule has 1 aromatic carbocycles. The van der Waals surface area contributed by atoms with Crippen LogP contribution in [0.1, 0.15) is 20.3 Å². The van der Waals surface area contributed by atoms with Gasteiger partial charge in [-0.1, -0.05) is 32.0 Å². The summed E-state index contributed by atoms with van der Waals surface area (Å²) in [5.41, 5.74) is 1.24. The van der Waals surface area contributed by atoms with E-state index in [2.05, 4.69) is 39.4 Å². The van der Waals surface area contributed by atoms with Gasteiger partial charge in [0.15, 0.2) is 6.10 Å². The van der Waals surface area contributed by atoms with Crippen LogP contribution in [0.2, 0.25) is 0 Å². The highest BCUT2D eigenvalue weighted by atomic mass is 16.6. The Morgan fingerprint density at radius 2 is 1.93 bits per heavy atom. The number of anilines is 1. The molecule has 7 heteroatoms. The molecule has 0 spiro atoms. The van der Waals surface area contributed by atoms with E-state index in [1.807, 2.05) is 19.9 Å². The number of para-hydroxylation sites is 1. The van der Waals surface area contributed by atoms with Gasteiger partial charge in [-0.25, -0.2) is 4.79 Å². The van der Waals surface area contributed by atoms with E-state index < -0.39 is 12.2 Å². The van der Waals surface area contributed by atoms with Crippen LogP contribution in [0, 0.1) is 5.92 Å². The number of ether oxygens (including phenoxy) is 2. The maximum absolute atomic E-state index is 11.8. The standard InChI is InChI=1S/C20H29N3O4/c1-15(2)12-19(24)26-14-18-17(21-20(25)27-18)13-22-8-10-23(11-9-22)16-6-4-3-5-7-16/h3-7,15,17-18H,8-14H2,1-2H3,(H,21,25)/t17-,18-/m1/s1. The number of esters is 1. The Kier molecular flexibility index (Phi) is 6.55. The van der Waals surface area contributed by atoms with Gasteiger partial charge in [-0.2, -0.15) is 0 Å². The summed E-state index contributed by atoms with van der Waals surface area (Å²) in [6.07, 6.45) is -0.492. The lowest BCUT2D eigenvalue weighted by molar-refractivity contribution is -0.147. The number of benzene rings is 1. The molecule has 2 aliphatic heterocycles. The van der Waals surface area contributed by atoms with Gasteiger partial charge in [0, 0.05) is 44.8 Å². The molecule has 148 valence electrons. The number of nitrogens with one attached hydrogen (secondary N) is 1. The van der Waals surface area contributed by atoms with Crippen LogP contribution >= 0.6 is 0 Å². The molecule has 2 heterocycles. The maximum atomic E-state index is 11.8. The second-order valence-corrected chi connectivity index (χ2v) is 7.60. The monoisotopic (exact) mass is 375 g/mol.